The van der Waals surface area contributed by atoms with Crippen molar-refractivity contribution in [2.45, 2.75) is 37.4 Å². The highest BCUT2D eigenvalue weighted by atomic mass is 32.1. The molecule has 4 aromatic rings. The van der Waals surface area contributed by atoms with Crippen LogP contribution < -0.4 is 4.74 Å². The lowest BCUT2D eigenvalue weighted by molar-refractivity contribution is 0.0419. The average Bonchev–Trinajstić information content (AvgIpc) is 3.54. The van der Waals surface area contributed by atoms with Crippen molar-refractivity contribution in [1.29, 1.82) is 0 Å². The Morgan fingerprint density at radius 3 is 2.80 bits per heavy atom. The van der Waals surface area contributed by atoms with Crippen molar-refractivity contribution >= 4 is 22.2 Å². The molecule has 182 valence electrons. The molecular formula is C27H31N5O2S. The standard InChI is InChI=1S/C27H31N5O2S/c1-34-20-4-5-21-22(13-20)30-26-23(17-33)32(16-24-29-9-12-35-24)18-27(25(21)26)6-10-31(11-7-27)15-19-3-2-8-28-14-19/h2-5,8-9,12-14,23,30,33H,6-7,10-11,15-18H2,1H3/t23-/m0/s1. The molecular weight excluding hydrogens is 458 g/mol. The van der Waals surface area contributed by atoms with Gasteiger partial charge in [0, 0.05) is 65.1 Å². The van der Waals surface area contributed by atoms with Gasteiger partial charge in [-0.3, -0.25) is 14.8 Å². The number of piperidine rings is 1. The molecule has 35 heavy (non-hydrogen) atoms. The molecule has 1 spiro atoms. The zero-order valence-corrected chi connectivity index (χ0v) is 20.8. The molecule has 1 saturated heterocycles. The monoisotopic (exact) mass is 489 g/mol. The number of pyridine rings is 1. The molecule has 1 atom stereocenters. The number of aliphatic hydroxyl groups excluding tert-OH is 1. The molecule has 0 bridgehead atoms. The highest BCUT2D eigenvalue weighted by molar-refractivity contribution is 7.09. The normalized spacial score (nSPS) is 20.3. The number of H-pyrrole nitrogens is 1. The minimum Gasteiger partial charge on any atom is -0.497 e. The molecule has 1 aromatic carbocycles. The highest BCUT2D eigenvalue weighted by Crippen LogP contribution is 2.49. The van der Waals surface area contributed by atoms with Crippen LogP contribution in [0.2, 0.25) is 0 Å². The van der Waals surface area contributed by atoms with Gasteiger partial charge >= 0.3 is 0 Å². The number of thiazole rings is 1. The third kappa shape index (κ3) is 4.14. The minimum atomic E-state index is -0.0775. The van der Waals surface area contributed by atoms with Crippen molar-refractivity contribution in [3.63, 3.8) is 0 Å². The van der Waals surface area contributed by atoms with Gasteiger partial charge in [-0.15, -0.1) is 11.3 Å². The smallest absolute Gasteiger partial charge is 0.120 e. The van der Waals surface area contributed by atoms with Crippen molar-refractivity contribution in [2.75, 3.05) is 33.4 Å². The van der Waals surface area contributed by atoms with Crippen LogP contribution in [0.3, 0.4) is 0 Å². The molecule has 0 aliphatic carbocycles. The van der Waals surface area contributed by atoms with Crippen molar-refractivity contribution in [1.82, 2.24) is 24.8 Å². The van der Waals surface area contributed by atoms with Gasteiger partial charge in [0.15, 0.2) is 0 Å². The average molecular weight is 490 g/mol. The molecule has 7 nitrogen and oxygen atoms in total. The molecule has 5 heterocycles. The predicted octanol–water partition coefficient (Wildman–Crippen LogP) is 4.11. The number of likely N-dealkylation sites (tertiary alicyclic amines) is 1. The topological polar surface area (TPSA) is 77.5 Å². The van der Waals surface area contributed by atoms with E-state index in [1.807, 2.05) is 30.0 Å². The number of benzene rings is 1. The van der Waals surface area contributed by atoms with E-state index in [-0.39, 0.29) is 18.1 Å². The van der Waals surface area contributed by atoms with Crippen molar-refractivity contribution in [3.8, 4) is 5.75 Å². The summed E-state index contributed by atoms with van der Waals surface area (Å²) in [5, 5.41) is 14.9. The summed E-state index contributed by atoms with van der Waals surface area (Å²) in [6.45, 7) is 4.75. The van der Waals surface area contributed by atoms with E-state index < -0.39 is 0 Å². The predicted molar refractivity (Wildman–Crippen MR) is 138 cm³/mol. The van der Waals surface area contributed by atoms with Gasteiger partial charge in [-0.1, -0.05) is 6.07 Å². The fourth-order valence-electron chi connectivity index (χ4n) is 6.08. The van der Waals surface area contributed by atoms with Crippen molar-refractivity contribution < 1.29 is 9.84 Å². The van der Waals surface area contributed by atoms with E-state index in [2.05, 4.69) is 49.0 Å². The van der Waals surface area contributed by atoms with Gasteiger partial charge < -0.3 is 14.8 Å². The maximum Gasteiger partial charge on any atom is 0.120 e. The summed E-state index contributed by atoms with van der Waals surface area (Å²) in [6, 6.07) is 10.4. The van der Waals surface area contributed by atoms with Crippen LogP contribution in [-0.2, 0) is 18.5 Å². The summed E-state index contributed by atoms with van der Waals surface area (Å²) in [7, 11) is 1.70. The Balaban J connectivity index is 1.37. The Labute approximate surface area is 209 Å². The summed E-state index contributed by atoms with van der Waals surface area (Å²) < 4.78 is 5.51. The van der Waals surface area contributed by atoms with Crippen LogP contribution in [0.4, 0.5) is 0 Å². The SMILES string of the molecule is COc1ccc2c3c([nH]c2c1)[C@H](CO)N(Cc1nccs1)CC31CCN(Cc2cccnc2)CC1. The molecule has 2 aliphatic rings. The van der Waals surface area contributed by atoms with Crippen LogP contribution in [-0.4, -0.2) is 63.2 Å². The first-order valence-electron chi connectivity index (χ1n) is 12.2. The third-order valence-electron chi connectivity index (χ3n) is 7.78. The van der Waals surface area contributed by atoms with E-state index in [0.29, 0.717) is 0 Å². The number of aromatic amines is 1. The molecule has 6 rings (SSSR count). The van der Waals surface area contributed by atoms with Crippen molar-refractivity contribution in [2.24, 2.45) is 0 Å². The van der Waals surface area contributed by atoms with E-state index in [0.717, 1.165) is 67.5 Å². The Morgan fingerprint density at radius 1 is 1.20 bits per heavy atom. The Morgan fingerprint density at radius 2 is 2.09 bits per heavy atom. The maximum atomic E-state index is 10.5. The van der Waals surface area contributed by atoms with Crippen LogP contribution in [0, 0.1) is 0 Å². The number of fused-ring (bicyclic) bond motifs is 4. The number of methoxy groups -OCH3 is 1. The van der Waals surface area contributed by atoms with Gasteiger partial charge in [-0.2, -0.15) is 0 Å². The van der Waals surface area contributed by atoms with Crippen LogP contribution in [0.5, 0.6) is 5.75 Å². The Bertz CT molecular complexity index is 1280. The summed E-state index contributed by atoms with van der Waals surface area (Å²) in [6.07, 6.45) is 7.82. The summed E-state index contributed by atoms with van der Waals surface area (Å²) >= 11 is 1.68. The van der Waals surface area contributed by atoms with Crippen LogP contribution in [0.15, 0.2) is 54.3 Å². The molecule has 0 saturated carbocycles. The molecule has 2 N–H and O–H groups in total. The molecule has 2 aliphatic heterocycles. The van der Waals surface area contributed by atoms with Gasteiger partial charge in [0.05, 0.1) is 26.3 Å². The minimum absolute atomic E-state index is 0.0243. The number of nitrogens with zero attached hydrogens (tertiary/aromatic N) is 4. The number of nitrogens with one attached hydrogen (secondary N) is 1. The number of aliphatic hydroxyl groups is 1. The molecule has 0 unspecified atom stereocenters. The molecule has 3 aromatic heterocycles. The molecule has 0 amide bonds. The maximum absolute atomic E-state index is 10.5. The Kier molecular flexibility index (Phi) is 6.06. The largest absolute Gasteiger partial charge is 0.497 e. The third-order valence-corrected chi connectivity index (χ3v) is 8.55. The summed E-state index contributed by atoms with van der Waals surface area (Å²) in [4.78, 5) is 17.5. The van der Waals surface area contributed by atoms with Gasteiger partial charge in [0.25, 0.3) is 0 Å². The first-order chi connectivity index (χ1) is 17.2. The number of hydrogen-bond donors (Lipinski definition) is 2. The van der Waals surface area contributed by atoms with E-state index in [9.17, 15) is 5.11 Å². The quantitative estimate of drug-likeness (QED) is 0.425. The lowest BCUT2D eigenvalue weighted by atomic mass is 9.68. The number of rotatable bonds is 6. The van der Waals surface area contributed by atoms with Gasteiger partial charge in [-0.05, 0) is 55.3 Å². The number of aromatic nitrogens is 3. The van der Waals surface area contributed by atoms with Crippen molar-refractivity contribution in [3.05, 3.63) is 76.1 Å². The second-order valence-corrected chi connectivity index (χ2v) is 10.8. The van der Waals surface area contributed by atoms with Crippen LogP contribution >= 0.6 is 11.3 Å². The zero-order valence-electron chi connectivity index (χ0n) is 20.0. The fraction of sp³-hybridized carbons (Fsp3) is 0.407. The number of hydrogen-bond acceptors (Lipinski definition) is 7. The van der Waals surface area contributed by atoms with E-state index >= 15 is 0 Å². The van der Waals surface area contributed by atoms with E-state index in [1.165, 1.54) is 16.5 Å². The molecule has 0 radical (unpaired) electrons. The second-order valence-electron chi connectivity index (χ2n) is 9.77. The highest BCUT2D eigenvalue weighted by Gasteiger charge is 2.47. The van der Waals surface area contributed by atoms with E-state index in [1.54, 1.807) is 18.4 Å². The summed E-state index contributed by atoms with van der Waals surface area (Å²) in [5.41, 5.74) is 4.92. The van der Waals surface area contributed by atoms with Crippen LogP contribution in [0.1, 0.15) is 40.7 Å². The first-order valence-corrected chi connectivity index (χ1v) is 13.1. The van der Waals surface area contributed by atoms with Crippen LogP contribution in [0.25, 0.3) is 10.9 Å². The fourth-order valence-corrected chi connectivity index (χ4v) is 6.72. The summed E-state index contributed by atoms with van der Waals surface area (Å²) in [5.74, 6) is 0.844. The molecule has 1 fully saturated rings. The van der Waals surface area contributed by atoms with Gasteiger partial charge in [-0.25, -0.2) is 4.98 Å². The first kappa shape index (κ1) is 22.7. The van der Waals surface area contributed by atoms with Gasteiger partial charge in [0.2, 0.25) is 0 Å². The lowest BCUT2D eigenvalue weighted by Crippen LogP contribution is -2.53. The number of ether oxygens (including phenoxy) is 1. The lowest BCUT2D eigenvalue weighted by Gasteiger charge is -2.50. The Hall–Kier alpha value is -2.78. The van der Waals surface area contributed by atoms with Gasteiger partial charge in [0.1, 0.15) is 10.8 Å². The molecule has 8 heteroatoms. The second kappa shape index (κ2) is 9.35. The van der Waals surface area contributed by atoms with E-state index in [4.69, 9.17) is 4.74 Å². The zero-order chi connectivity index (χ0) is 23.8.